The van der Waals surface area contributed by atoms with Crippen molar-refractivity contribution in [3.8, 4) is 0 Å². The summed E-state index contributed by atoms with van der Waals surface area (Å²) in [6.45, 7) is 4.41. The summed E-state index contributed by atoms with van der Waals surface area (Å²) in [5.74, 6) is 0. The molecule has 0 N–H and O–H groups in total. The molecule has 0 aromatic heterocycles. The number of hydrogen-bond donors (Lipinski definition) is 0. The van der Waals surface area contributed by atoms with Crippen LogP contribution in [0.25, 0.3) is 0 Å². The van der Waals surface area contributed by atoms with Gasteiger partial charge < -0.3 is 0 Å². The Morgan fingerprint density at radius 3 is 2.27 bits per heavy atom. The van der Waals surface area contributed by atoms with Crippen molar-refractivity contribution >= 4 is 0 Å². The summed E-state index contributed by atoms with van der Waals surface area (Å²) in [5.41, 5.74) is 0.500. The van der Waals surface area contributed by atoms with E-state index in [0.29, 0.717) is 5.54 Å². The van der Waals surface area contributed by atoms with E-state index in [-0.39, 0.29) is 6.10 Å². The van der Waals surface area contributed by atoms with Crippen LogP contribution in [0.2, 0.25) is 0 Å². The average molecular weight is 154 g/mol. The second-order valence-corrected chi connectivity index (χ2v) is 4.18. The Kier molecular flexibility index (Phi) is 1.69. The minimum atomic E-state index is -0.270. The smallest absolute Gasteiger partial charge is 0.0954 e. The van der Waals surface area contributed by atoms with Gasteiger partial charge in [-0.25, -0.2) is 5.11 Å². The van der Waals surface area contributed by atoms with Crippen LogP contribution in [0.3, 0.4) is 0 Å². The molecule has 1 saturated heterocycles. The first-order valence-electron chi connectivity index (χ1n) is 4.62. The molecule has 2 aliphatic rings. The fourth-order valence-electron chi connectivity index (χ4n) is 1.89. The highest BCUT2D eigenvalue weighted by Gasteiger charge is 2.43. The van der Waals surface area contributed by atoms with E-state index in [4.69, 9.17) is 0 Å². The quantitative estimate of drug-likeness (QED) is 0.560. The lowest BCUT2D eigenvalue weighted by Gasteiger charge is -2.33. The lowest BCUT2D eigenvalue weighted by atomic mass is 10.1. The van der Waals surface area contributed by atoms with E-state index in [1.165, 1.54) is 12.8 Å². The molecule has 2 fully saturated rings. The molecule has 1 aliphatic heterocycles. The van der Waals surface area contributed by atoms with Crippen molar-refractivity contribution in [2.45, 2.75) is 44.2 Å². The van der Waals surface area contributed by atoms with E-state index < -0.39 is 0 Å². The van der Waals surface area contributed by atoms with Gasteiger partial charge in [0, 0.05) is 18.6 Å². The Balaban J connectivity index is 1.87. The summed E-state index contributed by atoms with van der Waals surface area (Å²) in [4.78, 5) is 2.50. The van der Waals surface area contributed by atoms with Crippen molar-refractivity contribution in [3.05, 3.63) is 0 Å². The second-order valence-electron chi connectivity index (χ2n) is 4.18. The van der Waals surface area contributed by atoms with Gasteiger partial charge in [0.2, 0.25) is 0 Å². The maximum atomic E-state index is 11.0. The Bertz CT molecular complexity index is 146. The number of piperidine rings is 1. The maximum absolute atomic E-state index is 11.0. The predicted octanol–water partition coefficient (Wildman–Crippen LogP) is 1.43. The van der Waals surface area contributed by atoms with Gasteiger partial charge in [-0.3, -0.25) is 4.90 Å². The van der Waals surface area contributed by atoms with Gasteiger partial charge >= 0.3 is 0 Å². The number of rotatable bonds is 1. The van der Waals surface area contributed by atoms with Crippen LogP contribution in [-0.2, 0) is 5.11 Å². The lowest BCUT2D eigenvalue weighted by molar-refractivity contribution is 0.0133. The molecule has 63 valence electrons. The Morgan fingerprint density at radius 1 is 1.27 bits per heavy atom. The van der Waals surface area contributed by atoms with Gasteiger partial charge in [0.25, 0.3) is 0 Å². The van der Waals surface area contributed by atoms with Crippen LogP contribution in [0.15, 0.2) is 0 Å². The molecule has 0 unspecified atom stereocenters. The summed E-state index contributed by atoms with van der Waals surface area (Å²) in [5, 5.41) is 11.0. The summed E-state index contributed by atoms with van der Waals surface area (Å²) in [7, 11) is 0. The SMILES string of the molecule is CC1(N2CCC([O])CC2)CC1. The van der Waals surface area contributed by atoms with E-state index in [2.05, 4.69) is 11.8 Å². The zero-order valence-electron chi connectivity index (χ0n) is 7.18. The number of hydrogen-bond acceptors (Lipinski definition) is 1. The van der Waals surface area contributed by atoms with E-state index in [1.54, 1.807) is 0 Å². The van der Waals surface area contributed by atoms with Gasteiger partial charge in [0.15, 0.2) is 0 Å². The zero-order valence-corrected chi connectivity index (χ0v) is 7.18. The van der Waals surface area contributed by atoms with Gasteiger partial charge in [-0.15, -0.1) is 0 Å². The molecule has 1 heterocycles. The monoisotopic (exact) mass is 154 g/mol. The normalized spacial score (nSPS) is 32.2. The van der Waals surface area contributed by atoms with Crippen LogP contribution in [0.5, 0.6) is 0 Å². The fourth-order valence-corrected chi connectivity index (χ4v) is 1.89. The zero-order chi connectivity index (χ0) is 7.90. The first kappa shape index (κ1) is 7.56. The van der Waals surface area contributed by atoms with Crippen molar-refractivity contribution in [2.75, 3.05) is 13.1 Å². The number of nitrogens with zero attached hydrogens (tertiary/aromatic N) is 1. The highest BCUT2D eigenvalue weighted by atomic mass is 16.3. The highest BCUT2D eigenvalue weighted by Crippen LogP contribution is 2.42. The van der Waals surface area contributed by atoms with Crippen LogP contribution in [0, 0.1) is 0 Å². The van der Waals surface area contributed by atoms with Gasteiger partial charge in [-0.05, 0) is 32.6 Å². The van der Waals surface area contributed by atoms with Crippen LogP contribution in [0.1, 0.15) is 32.6 Å². The van der Waals surface area contributed by atoms with E-state index in [1.807, 2.05) is 0 Å². The van der Waals surface area contributed by atoms with Crippen molar-refractivity contribution < 1.29 is 5.11 Å². The van der Waals surface area contributed by atoms with Gasteiger partial charge in [0.1, 0.15) is 0 Å². The van der Waals surface area contributed by atoms with E-state index >= 15 is 0 Å². The molecule has 2 nitrogen and oxygen atoms in total. The van der Waals surface area contributed by atoms with Crippen LogP contribution in [0.4, 0.5) is 0 Å². The van der Waals surface area contributed by atoms with Crippen molar-refractivity contribution in [1.82, 2.24) is 4.90 Å². The number of likely N-dealkylation sites (tertiary alicyclic amines) is 1. The molecule has 2 rings (SSSR count). The Hall–Kier alpha value is -0.0800. The molecule has 0 bridgehead atoms. The molecule has 0 aromatic carbocycles. The molecule has 11 heavy (non-hydrogen) atoms. The summed E-state index contributed by atoms with van der Waals surface area (Å²) in [6, 6.07) is 0. The van der Waals surface area contributed by atoms with E-state index in [0.717, 1.165) is 25.9 Å². The molecule has 1 radical (unpaired) electrons. The molecule has 1 aliphatic carbocycles. The van der Waals surface area contributed by atoms with Crippen LogP contribution >= 0.6 is 0 Å². The predicted molar refractivity (Wildman–Crippen MR) is 42.9 cm³/mol. The molecule has 0 spiro atoms. The lowest BCUT2D eigenvalue weighted by Crippen LogP contribution is -2.42. The largest absolute Gasteiger partial charge is 0.298 e. The molecule has 0 atom stereocenters. The van der Waals surface area contributed by atoms with Gasteiger partial charge in [-0.2, -0.15) is 0 Å². The molecule has 2 heteroatoms. The summed E-state index contributed by atoms with van der Waals surface area (Å²) >= 11 is 0. The third kappa shape index (κ3) is 1.42. The molecule has 0 amide bonds. The third-order valence-electron chi connectivity index (χ3n) is 3.18. The van der Waals surface area contributed by atoms with Gasteiger partial charge in [-0.1, -0.05) is 0 Å². The third-order valence-corrected chi connectivity index (χ3v) is 3.18. The fraction of sp³-hybridized carbons (Fsp3) is 1.00. The Morgan fingerprint density at radius 2 is 1.82 bits per heavy atom. The van der Waals surface area contributed by atoms with Crippen molar-refractivity contribution in [1.29, 1.82) is 0 Å². The summed E-state index contributed by atoms with van der Waals surface area (Å²) in [6.07, 6.45) is 4.16. The van der Waals surface area contributed by atoms with Crippen molar-refractivity contribution in [2.24, 2.45) is 0 Å². The molecule has 1 saturated carbocycles. The maximum Gasteiger partial charge on any atom is 0.0954 e. The highest BCUT2D eigenvalue weighted by molar-refractivity contribution is 5.00. The summed E-state index contributed by atoms with van der Waals surface area (Å²) < 4.78 is 0. The first-order chi connectivity index (χ1) is 5.21. The van der Waals surface area contributed by atoms with Crippen LogP contribution < -0.4 is 0 Å². The molecule has 0 aromatic rings. The Labute approximate surface area is 68.2 Å². The minimum absolute atomic E-state index is 0.270. The molecular weight excluding hydrogens is 138 g/mol. The van der Waals surface area contributed by atoms with Crippen molar-refractivity contribution in [3.63, 3.8) is 0 Å². The minimum Gasteiger partial charge on any atom is -0.298 e. The topological polar surface area (TPSA) is 23.1 Å². The molecular formula is C9H16NO. The first-order valence-corrected chi connectivity index (χ1v) is 4.62. The standard InChI is InChI=1S/C9H16NO/c1-9(4-5-9)10-6-2-8(11)3-7-10/h8H,2-7H2,1H3. The van der Waals surface area contributed by atoms with E-state index in [9.17, 15) is 5.11 Å². The van der Waals surface area contributed by atoms with Gasteiger partial charge in [0.05, 0.1) is 6.10 Å². The second kappa shape index (κ2) is 2.46. The average Bonchev–Trinajstić information content (AvgIpc) is 2.70. The van der Waals surface area contributed by atoms with Crippen LogP contribution in [-0.4, -0.2) is 29.6 Å².